The maximum absolute atomic E-state index is 10.5. The van der Waals surface area contributed by atoms with Gasteiger partial charge in [0.15, 0.2) is 5.96 Å². The molecule has 1 saturated heterocycles. The molecule has 0 bridgehead atoms. The summed E-state index contributed by atoms with van der Waals surface area (Å²) >= 11 is 1.65. The Balaban J connectivity index is 1.45. The van der Waals surface area contributed by atoms with Gasteiger partial charge in [-0.2, -0.15) is 0 Å². The van der Waals surface area contributed by atoms with Crippen LogP contribution in [0.25, 0.3) is 10.1 Å². The van der Waals surface area contributed by atoms with Gasteiger partial charge >= 0.3 is 0 Å². The molecule has 1 aromatic heterocycles. The standard InChI is InChI=1S/C20H30N4OS/c1-3-9-24-10-8-15(14-24)12-22-20(21-2)23-13-17(25)19-11-16-6-4-5-7-18(16)26-19/h4-7,11,15,17,25H,3,8-10,12-14H2,1-2H3,(H2,21,22,23). The molecule has 5 nitrogen and oxygen atoms in total. The van der Waals surface area contributed by atoms with E-state index in [1.807, 2.05) is 12.1 Å². The number of rotatable bonds is 7. The van der Waals surface area contributed by atoms with E-state index in [1.165, 1.54) is 42.6 Å². The van der Waals surface area contributed by atoms with Crippen molar-refractivity contribution < 1.29 is 5.11 Å². The van der Waals surface area contributed by atoms with E-state index in [0.717, 1.165) is 17.4 Å². The predicted octanol–water partition coefficient (Wildman–Crippen LogP) is 2.83. The van der Waals surface area contributed by atoms with Crippen molar-refractivity contribution in [3.05, 3.63) is 35.2 Å². The van der Waals surface area contributed by atoms with E-state index in [4.69, 9.17) is 0 Å². The van der Waals surface area contributed by atoms with Crippen LogP contribution in [0.1, 0.15) is 30.7 Å². The van der Waals surface area contributed by atoms with Crippen molar-refractivity contribution >= 4 is 27.4 Å². The maximum Gasteiger partial charge on any atom is 0.191 e. The van der Waals surface area contributed by atoms with Gasteiger partial charge in [0.25, 0.3) is 0 Å². The van der Waals surface area contributed by atoms with Gasteiger partial charge in [-0.1, -0.05) is 25.1 Å². The fourth-order valence-corrected chi connectivity index (χ4v) is 4.57. The highest BCUT2D eigenvalue weighted by Gasteiger charge is 2.21. The van der Waals surface area contributed by atoms with Crippen LogP contribution in [-0.4, -0.2) is 55.7 Å². The number of aliphatic hydroxyl groups excluding tert-OH is 1. The zero-order valence-electron chi connectivity index (χ0n) is 15.7. The van der Waals surface area contributed by atoms with Crippen LogP contribution < -0.4 is 10.6 Å². The van der Waals surface area contributed by atoms with Crippen molar-refractivity contribution in [2.45, 2.75) is 25.9 Å². The number of benzene rings is 1. The first-order valence-corrected chi connectivity index (χ1v) is 10.3. The third-order valence-corrected chi connectivity index (χ3v) is 6.14. The molecule has 142 valence electrons. The van der Waals surface area contributed by atoms with Gasteiger partial charge in [0.2, 0.25) is 0 Å². The van der Waals surface area contributed by atoms with Crippen LogP contribution in [0.3, 0.4) is 0 Å². The fraction of sp³-hybridized carbons (Fsp3) is 0.550. The number of hydrogen-bond donors (Lipinski definition) is 3. The molecule has 2 aromatic rings. The van der Waals surface area contributed by atoms with Crippen LogP contribution in [0.15, 0.2) is 35.3 Å². The highest BCUT2D eigenvalue weighted by molar-refractivity contribution is 7.19. The number of nitrogens with zero attached hydrogens (tertiary/aromatic N) is 2. The number of guanidine groups is 1. The van der Waals surface area contributed by atoms with Gasteiger partial charge in [-0.25, -0.2) is 0 Å². The highest BCUT2D eigenvalue weighted by atomic mass is 32.1. The molecule has 1 aliphatic rings. The number of likely N-dealkylation sites (tertiary alicyclic amines) is 1. The van der Waals surface area contributed by atoms with Crippen molar-refractivity contribution in [1.82, 2.24) is 15.5 Å². The lowest BCUT2D eigenvalue weighted by molar-refractivity contribution is 0.184. The van der Waals surface area contributed by atoms with E-state index >= 15 is 0 Å². The lowest BCUT2D eigenvalue weighted by atomic mass is 10.1. The fourth-order valence-electron chi connectivity index (χ4n) is 3.52. The summed E-state index contributed by atoms with van der Waals surface area (Å²) in [4.78, 5) is 7.81. The van der Waals surface area contributed by atoms with Crippen LogP contribution >= 0.6 is 11.3 Å². The Morgan fingerprint density at radius 1 is 1.38 bits per heavy atom. The molecule has 26 heavy (non-hydrogen) atoms. The van der Waals surface area contributed by atoms with Gasteiger partial charge in [0, 0.05) is 36.3 Å². The van der Waals surface area contributed by atoms with Crippen LogP contribution in [0, 0.1) is 5.92 Å². The molecule has 1 aromatic carbocycles. The van der Waals surface area contributed by atoms with Gasteiger partial charge in [-0.05, 0) is 49.4 Å². The third kappa shape index (κ3) is 4.96. The number of aliphatic hydroxyl groups is 1. The van der Waals surface area contributed by atoms with Gasteiger partial charge in [0.05, 0.1) is 0 Å². The molecule has 3 N–H and O–H groups in total. The quantitative estimate of drug-likeness (QED) is 0.515. The largest absolute Gasteiger partial charge is 0.386 e. The van der Waals surface area contributed by atoms with Crippen LogP contribution in [-0.2, 0) is 0 Å². The molecule has 1 aliphatic heterocycles. The molecular weight excluding hydrogens is 344 g/mol. The molecule has 0 saturated carbocycles. The normalized spacial score (nSPS) is 19.8. The molecular formula is C20H30N4OS. The molecule has 2 atom stereocenters. The first-order valence-electron chi connectivity index (χ1n) is 9.53. The monoisotopic (exact) mass is 374 g/mol. The Kier molecular flexibility index (Phi) is 6.88. The molecule has 2 heterocycles. The van der Waals surface area contributed by atoms with E-state index in [-0.39, 0.29) is 0 Å². The Hall–Kier alpha value is -1.63. The van der Waals surface area contributed by atoms with Crippen molar-refractivity contribution in [3.63, 3.8) is 0 Å². The molecule has 1 fully saturated rings. The summed E-state index contributed by atoms with van der Waals surface area (Å²) in [6.45, 7) is 7.20. The van der Waals surface area contributed by atoms with E-state index in [9.17, 15) is 5.11 Å². The van der Waals surface area contributed by atoms with Gasteiger partial charge in [-0.3, -0.25) is 4.99 Å². The second-order valence-electron chi connectivity index (χ2n) is 6.99. The summed E-state index contributed by atoms with van der Waals surface area (Å²) < 4.78 is 1.21. The second-order valence-corrected chi connectivity index (χ2v) is 8.11. The summed E-state index contributed by atoms with van der Waals surface area (Å²) in [5, 5.41) is 18.4. The third-order valence-electron chi connectivity index (χ3n) is 4.93. The van der Waals surface area contributed by atoms with Crippen molar-refractivity contribution in [3.8, 4) is 0 Å². The second kappa shape index (κ2) is 9.35. The average molecular weight is 375 g/mol. The molecule has 2 unspecified atom stereocenters. The first kappa shape index (κ1) is 19.1. The summed E-state index contributed by atoms with van der Waals surface area (Å²) in [5.41, 5.74) is 0. The molecule has 0 radical (unpaired) electrons. The summed E-state index contributed by atoms with van der Waals surface area (Å²) in [6.07, 6.45) is 1.94. The Morgan fingerprint density at radius 3 is 3.00 bits per heavy atom. The van der Waals surface area contributed by atoms with Gasteiger partial charge in [0.1, 0.15) is 6.10 Å². The molecule has 0 spiro atoms. The minimum absolute atomic E-state index is 0.457. The van der Waals surface area contributed by atoms with E-state index < -0.39 is 6.10 Å². The lowest BCUT2D eigenvalue weighted by Crippen LogP contribution is -2.41. The van der Waals surface area contributed by atoms with Crippen molar-refractivity contribution in [1.29, 1.82) is 0 Å². The van der Waals surface area contributed by atoms with E-state index in [2.05, 4.69) is 45.6 Å². The van der Waals surface area contributed by atoms with Crippen LogP contribution in [0.4, 0.5) is 0 Å². The minimum Gasteiger partial charge on any atom is -0.386 e. The number of hydrogen-bond acceptors (Lipinski definition) is 4. The predicted molar refractivity (Wildman–Crippen MR) is 111 cm³/mol. The molecule has 6 heteroatoms. The van der Waals surface area contributed by atoms with E-state index in [1.54, 1.807) is 18.4 Å². The number of aliphatic imine (C=N–C) groups is 1. The highest BCUT2D eigenvalue weighted by Crippen LogP contribution is 2.29. The topological polar surface area (TPSA) is 59.9 Å². The van der Waals surface area contributed by atoms with Gasteiger partial charge < -0.3 is 20.6 Å². The van der Waals surface area contributed by atoms with Crippen molar-refractivity contribution in [2.75, 3.05) is 39.8 Å². The summed E-state index contributed by atoms with van der Waals surface area (Å²) in [6, 6.07) is 10.3. The maximum atomic E-state index is 10.5. The Bertz CT molecular complexity index is 696. The SMILES string of the molecule is CCCN1CCC(CNC(=NC)NCC(O)c2cc3ccccc3s2)C1. The Morgan fingerprint density at radius 2 is 2.23 bits per heavy atom. The van der Waals surface area contributed by atoms with Crippen LogP contribution in [0.5, 0.6) is 0 Å². The summed E-state index contributed by atoms with van der Waals surface area (Å²) in [7, 11) is 1.78. The lowest BCUT2D eigenvalue weighted by Gasteiger charge is -2.18. The number of thiophene rings is 1. The Labute approximate surface area is 160 Å². The van der Waals surface area contributed by atoms with Gasteiger partial charge in [-0.15, -0.1) is 11.3 Å². The van der Waals surface area contributed by atoms with E-state index in [0.29, 0.717) is 12.5 Å². The first-order chi connectivity index (χ1) is 12.7. The molecule has 0 amide bonds. The number of nitrogens with one attached hydrogen (secondary N) is 2. The molecule has 3 rings (SSSR count). The smallest absolute Gasteiger partial charge is 0.191 e. The zero-order valence-corrected chi connectivity index (χ0v) is 16.6. The molecule has 0 aliphatic carbocycles. The summed E-state index contributed by atoms with van der Waals surface area (Å²) in [5.74, 6) is 1.44. The minimum atomic E-state index is -0.530. The van der Waals surface area contributed by atoms with Crippen LogP contribution in [0.2, 0.25) is 0 Å². The number of fused-ring (bicyclic) bond motifs is 1. The average Bonchev–Trinajstić information content (AvgIpc) is 3.28. The zero-order chi connectivity index (χ0) is 18.4. The van der Waals surface area contributed by atoms with Crippen molar-refractivity contribution in [2.24, 2.45) is 10.9 Å².